The van der Waals surface area contributed by atoms with Crippen molar-refractivity contribution in [2.45, 2.75) is 13.3 Å². The number of nitrogens with zero attached hydrogens (tertiary/aromatic N) is 1. The van der Waals surface area contributed by atoms with Crippen molar-refractivity contribution in [1.82, 2.24) is 0 Å². The summed E-state index contributed by atoms with van der Waals surface area (Å²) in [6.45, 7) is 1.70. The van der Waals surface area contributed by atoms with Crippen LogP contribution in [0.2, 0.25) is 0 Å². The molecular formula is C5H9NO3. The van der Waals surface area contributed by atoms with Gasteiger partial charge in [-0.2, -0.15) is 0 Å². The first-order chi connectivity index (χ1) is 4.22. The molecule has 0 aromatic rings. The van der Waals surface area contributed by atoms with E-state index in [0.29, 0.717) is 6.42 Å². The lowest BCUT2D eigenvalue weighted by Crippen LogP contribution is -2.11. The molecule has 52 valence electrons. The minimum Gasteiger partial charge on any atom is -0.477 e. The molecular weight excluding hydrogens is 122 g/mol. The second-order valence-electron chi connectivity index (χ2n) is 1.38. The van der Waals surface area contributed by atoms with Crippen molar-refractivity contribution >= 4 is 11.7 Å². The molecule has 1 N–H and O–H groups in total. The Labute approximate surface area is 53.1 Å². The minimum atomic E-state index is -1.03. The maximum Gasteiger partial charge on any atom is 0.353 e. The molecule has 0 bridgehead atoms. The Morgan fingerprint density at radius 2 is 2.33 bits per heavy atom. The third-order valence-electron chi connectivity index (χ3n) is 0.783. The van der Waals surface area contributed by atoms with Crippen molar-refractivity contribution in [3.8, 4) is 0 Å². The number of rotatable bonds is 3. The molecule has 9 heavy (non-hydrogen) atoms. The average molecular weight is 131 g/mol. The topological polar surface area (TPSA) is 58.9 Å². The van der Waals surface area contributed by atoms with E-state index in [9.17, 15) is 4.79 Å². The van der Waals surface area contributed by atoms with Crippen molar-refractivity contribution in [3.63, 3.8) is 0 Å². The van der Waals surface area contributed by atoms with Gasteiger partial charge in [0, 0.05) is 0 Å². The van der Waals surface area contributed by atoms with E-state index in [-0.39, 0.29) is 5.71 Å². The monoisotopic (exact) mass is 131 g/mol. The summed E-state index contributed by atoms with van der Waals surface area (Å²) >= 11 is 0. The van der Waals surface area contributed by atoms with Gasteiger partial charge in [0.25, 0.3) is 0 Å². The minimum absolute atomic E-state index is 0.0394. The molecule has 0 amide bonds. The lowest BCUT2D eigenvalue weighted by molar-refractivity contribution is -0.129. The highest BCUT2D eigenvalue weighted by Crippen LogP contribution is 1.85. The zero-order valence-corrected chi connectivity index (χ0v) is 5.42. The van der Waals surface area contributed by atoms with Crippen LogP contribution in [0.15, 0.2) is 5.16 Å². The van der Waals surface area contributed by atoms with Crippen LogP contribution in [0.3, 0.4) is 0 Å². The average Bonchev–Trinajstić information content (AvgIpc) is 1.82. The van der Waals surface area contributed by atoms with E-state index in [2.05, 4.69) is 9.99 Å². The van der Waals surface area contributed by atoms with Gasteiger partial charge in [-0.3, -0.25) is 0 Å². The van der Waals surface area contributed by atoms with Crippen LogP contribution in [-0.2, 0) is 9.63 Å². The highest BCUT2D eigenvalue weighted by molar-refractivity contribution is 6.35. The van der Waals surface area contributed by atoms with Gasteiger partial charge in [0.15, 0.2) is 5.71 Å². The maximum atomic E-state index is 10.1. The van der Waals surface area contributed by atoms with Crippen LogP contribution in [0, 0.1) is 0 Å². The van der Waals surface area contributed by atoms with Gasteiger partial charge in [0.2, 0.25) is 0 Å². The zero-order valence-electron chi connectivity index (χ0n) is 5.42. The molecule has 4 nitrogen and oxygen atoms in total. The summed E-state index contributed by atoms with van der Waals surface area (Å²) in [6.07, 6.45) is 0.378. The van der Waals surface area contributed by atoms with Gasteiger partial charge in [0.1, 0.15) is 7.11 Å². The summed E-state index contributed by atoms with van der Waals surface area (Å²) in [5, 5.41) is 11.6. The fourth-order valence-corrected chi connectivity index (χ4v) is 0.365. The molecule has 0 fully saturated rings. The van der Waals surface area contributed by atoms with Crippen molar-refractivity contribution in [1.29, 1.82) is 0 Å². The van der Waals surface area contributed by atoms with Gasteiger partial charge in [-0.05, 0) is 6.42 Å². The normalized spacial score (nSPS) is 11.1. The van der Waals surface area contributed by atoms with Gasteiger partial charge >= 0.3 is 5.97 Å². The van der Waals surface area contributed by atoms with Crippen LogP contribution >= 0.6 is 0 Å². The third kappa shape index (κ3) is 2.69. The molecule has 0 aromatic heterocycles. The third-order valence-corrected chi connectivity index (χ3v) is 0.783. The summed E-state index contributed by atoms with van der Waals surface area (Å²) in [4.78, 5) is 14.4. The number of carbonyl (C=O) groups is 1. The molecule has 0 atom stereocenters. The highest BCUT2D eigenvalue weighted by Gasteiger charge is 2.05. The van der Waals surface area contributed by atoms with Crippen molar-refractivity contribution < 1.29 is 14.7 Å². The summed E-state index contributed by atoms with van der Waals surface area (Å²) in [7, 11) is 1.32. The first kappa shape index (κ1) is 7.94. The SMILES string of the molecule is CC/C(=N\OC)C(=O)O. The molecule has 0 saturated carbocycles. The van der Waals surface area contributed by atoms with E-state index in [1.807, 2.05) is 0 Å². The molecule has 0 unspecified atom stereocenters. The number of hydrogen-bond acceptors (Lipinski definition) is 3. The van der Waals surface area contributed by atoms with E-state index in [1.54, 1.807) is 6.92 Å². The van der Waals surface area contributed by atoms with E-state index >= 15 is 0 Å². The highest BCUT2D eigenvalue weighted by atomic mass is 16.6. The number of carboxylic acid groups (broad SMARTS) is 1. The Balaban J connectivity index is 3.98. The smallest absolute Gasteiger partial charge is 0.353 e. The molecule has 0 saturated heterocycles. The Morgan fingerprint density at radius 3 is 2.44 bits per heavy atom. The van der Waals surface area contributed by atoms with E-state index in [4.69, 9.17) is 5.11 Å². The van der Waals surface area contributed by atoms with Crippen molar-refractivity contribution in [3.05, 3.63) is 0 Å². The van der Waals surface area contributed by atoms with Crippen LogP contribution in [-0.4, -0.2) is 23.9 Å². The Kier molecular flexibility index (Phi) is 3.43. The predicted octanol–water partition coefficient (Wildman–Crippen LogP) is 0.483. The van der Waals surface area contributed by atoms with Crippen LogP contribution in [0.4, 0.5) is 0 Å². The number of oxime groups is 1. The van der Waals surface area contributed by atoms with E-state index < -0.39 is 5.97 Å². The van der Waals surface area contributed by atoms with Gasteiger partial charge in [-0.25, -0.2) is 4.79 Å². The van der Waals surface area contributed by atoms with Gasteiger partial charge in [-0.1, -0.05) is 12.1 Å². The lowest BCUT2D eigenvalue weighted by atomic mass is 10.3. The van der Waals surface area contributed by atoms with Crippen molar-refractivity contribution in [2.24, 2.45) is 5.16 Å². The summed E-state index contributed by atoms with van der Waals surface area (Å²) in [5.41, 5.74) is 0.0394. The second kappa shape index (κ2) is 3.88. The predicted molar refractivity (Wildman–Crippen MR) is 32.4 cm³/mol. The van der Waals surface area contributed by atoms with Crippen molar-refractivity contribution in [2.75, 3.05) is 7.11 Å². The van der Waals surface area contributed by atoms with E-state index in [1.165, 1.54) is 7.11 Å². The number of aliphatic carboxylic acids is 1. The fraction of sp³-hybridized carbons (Fsp3) is 0.600. The van der Waals surface area contributed by atoms with Crippen LogP contribution < -0.4 is 0 Å². The van der Waals surface area contributed by atoms with Gasteiger partial charge in [-0.15, -0.1) is 0 Å². The van der Waals surface area contributed by atoms with E-state index in [0.717, 1.165) is 0 Å². The standard InChI is InChI=1S/C5H9NO3/c1-3-4(5(7)8)6-9-2/h3H2,1-2H3,(H,7,8)/b6-4+. The van der Waals surface area contributed by atoms with Crippen LogP contribution in [0.1, 0.15) is 13.3 Å². The van der Waals surface area contributed by atoms with Gasteiger partial charge in [0.05, 0.1) is 0 Å². The first-order valence-electron chi connectivity index (χ1n) is 2.55. The molecule has 0 aliphatic carbocycles. The van der Waals surface area contributed by atoms with Crippen LogP contribution in [0.25, 0.3) is 0 Å². The lowest BCUT2D eigenvalue weighted by Gasteiger charge is -1.92. The van der Waals surface area contributed by atoms with Gasteiger partial charge < -0.3 is 9.94 Å². The molecule has 0 aliphatic rings. The summed E-state index contributed by atoms with van der Waals surface area (Å²) < 4.78 is 0. The molecule has 0 radical (unpaired) electrons. The molecule has 0 spiro atoms. The molecule has 0 heterocycles. The van der Waals surface area contributed by atoms with Crippen LogP contribution in [0.5, 0.6) is 0 Å². The Bertz CT molecular complexity index is 130. The summed E-state index contributed by atoms with van der Waals surface area (Å²) in [6, 6.07) is 0. The zero-order chi connectivity index (χ0) is 7.28. The Hall–Kier alpha value is -1.06. The fourth-order valence-electron chi connectivity index (χ4n) is 0.365. The molecule has 4 heteroatoms. The summed E-state index contributed by atoms with van der Waals surface area (Å²) in [5.74, 6) is -1.03. The quantitative estimate of drug-likeness (QED) is 0.447. The number of carboxylic acids is 1. The molecule has 0 aromatic carbocycles. The largest absolute Gasteiger partial charge is 0.477 e. The Morgan fingerprint density at radius 1 is 1.78 bits per heavy atom. The number of hydrogen-bond donors (Lipinski definition) is 1. The molecule has 0 aliphatic heterocycles. The second-order valence-corrected chi connectivity index (χ2v) is 1.38. The maximum absolute atomic E-state index is 10.1. The first-order valence-corrected chi connectivity index (χ1v) is 2.55. The molecule has 0 rings (SSSR count).